The maximum atomic E-state index is 5.89. The van der Waals surface area contributed by atoms with Crippen molar-refractivity contribution >= 4 is 5.95 Å². The third-order valence-electron chi connectivity index (χ3n) is 5.76. The molecule has 5 heterocycles. The van der Waals surface area contributed by atoms with E-state index in [0.29, 0.717) is 11.8 Å². The van der Waals surface area contributed by atoms with Crippen molar-refractivity contribution in [2.45, 2.75) is 39.2 Å². The molecule has 2 fully saturated rings. The van der Waals surface area contributed by atoms with E-state index in [0.717, 1.165) is 54.1 Å². The van der Waals surface area contributed by atoms with Crippen molar-refractivity contribution in [1.82, 2.24) is 20.0 Å². The maximum absolute atomic E-state index is 5.89. The Morgan fingerprint density at radius 3 is 2.79 bits per heavy atom. The predicted octanol–water partition coefficient (Wildman–Crippen LogP) is 3.68. The van der Waals surface area contributed by atoms with Gasteiger partial charge in [0.15, 0.2) is 11.5 Å². The highest BCUT2D eigenvalue weighted by Crippen LogP contribution is 2.33. The molecule has 0 aromatic carbocycles. The molecule has 2 saturated heterocycles. The van der Waals surface area contributed by atoms with Crippen molar-refractivity contribution in [2.24, 2.45) is 0 Å². The molecule has 3 aromatic rings. The molecule has 5 rings (SSSR count). The lowest BCUT2D eigenvalue weighted by Crippen LogP contribution is -2.55. The van der Waals surface area contributed by atoms with Gasteiger partial charge >= 0.3 is 0 Å². The van der Waals surface area contributed by atoms with E-state index >= 15 is 0 Å². The largest absolute Gasteiger partial charge is 0.460 e. The summed E-state index contributed by atoms with van der Waals surface area (Å²) in [5.74, 6) is 2.99. The van der Waals surface area contributed by atoms with Gasteiger partial charge in [-0.25, -0.2) is 9.97 Å². The first-order valence-electron chi connectivity index (χ1n) is 10.0. The van der Waals surface area contributed by atoms with Crippen molar-refractivity contribution in [1.29, 1.82) is 0 Å². The molecule has 146 valence electrons. The molecule has 0 saturated carbocycles. The molecule has 0 N–H and O–H groups in total. The molecule has 1 atom stereocenters. The van der Waals surface area contributed by atoms with Gasteiger partial charge in [-0.3, -0.25) is 4.90 Å². The van der Waals surface area contributed by atoms with Gasteiger partial charge in [0.05, 0.1) is 11.3 Å². The van der Waals surface area contributed by atoms with Crippen molar-refractivity contribution < 1.29 is 8.94 Å². The highest BCUT2D eigenvalue weighted by Gasteiger charge is 2.30. The zero-order valence-corrected chi connectivity index (χ0v) is 16.4. The zero-order chi connectivity index (χ0) is 19.1. The number of furan rings is 1. The van der Waals surface area contributed by atoms with Gasteiger partial charge in [0.25, 0.3) is 0 Å². The van der Waals surface area contributed by atoms with Crippen LogP contribution in [0.15, 0.2) is 33.3 Å². The zero-order valence-electron chi connectivity index (χ0n) is 16.4. The number of piperidine rings is 1. The molecule has 0 bridgehead atoms. The summed E-state index contributed by atoms with van der Waals surface area (Å²) in [6, 6.07) is 6.41. The van der Waals surface area contributed by atoms with E-state index in [-0.39, 0.29) is 0 Å². The number of nitrogens with zero attached hydrogens (tertiary/aromatic N) is 5. The number of anilines is 1. The normalized spacial score (nSPS) is 20.4. The highest BCUT2D eigenvalue weighted by molar-refractivity contribution is 5.76. The monoisotopic (exact) mass is 379 g/mol. The number of aryl methyl sites for hydroxylation is 2. The Kier molecular flexibility index (Phi) is 4.39. The number of hydrogen-bond donors (Lipinski definition) is 0. The van der Waals surface area contributed by atoms with Gasteiger partial charge in [-0.15, -0.1) is 0 Å². The van der Waals surface area contributed by atoms with Crippen molar-refractivity contribution in [2.75, 3.05) is 31.1 Å². The van der Waals surface area contributed by atoms with E-state index in [4.69, 9.17) is 13.9 Å². The minimum Gasteiger partial charge on any atom is -0.460 e. The minimum absolute atomic E-state index is 0.608. The van der Waals surface area contributed by atoms with Crippen LogP contribution in [0.4, 0.5) is 5.95 Å². The lowest BCUT2D eigenvalue weighted by molar-refractivity contribution is 0.133. The fourth-order valence-electron chi connectivity index (χ4n) is 4.28. The lowest BCUT2D eigenvalue weighted by atomic mass is 10.00. The third-order valence-corrected chi connectivity index (χ3v) is 5.76. The summed E-state index contributed by atoms with van der Waals surface area (Å²) in [6.45, 7) is 8.08. The number of piperazine rings is 1. The van der Waals surface area contributed by atoms with Crippen LogP contribution in [0.3, 0.4) is 0 Å². The Bertz CT molecular complexity index is 979. The Balaban J connectivity index is 1.51. The number of hydrogen-bond acceptors (Lipinski definition) is 7. The van der Waals surface area contributed by atoms with Crippen LogP contribution in [0.5, 0.6) is 0 Å². The first-order chi connectivity index (χ1) is 13.7. The van der Waals surface area contributed by atoms with Gasteiger partial charge in [-0.2, -0.15) is 0 Å². The van der Waals surface area contributed by atoms with E-state index in [2.05, 4.69) is 19.9 Å². The summed E-state index contributed by atoms with van der Waals surface area (Å²) >= 11 is 0. The minimum atomic E-state index is 0.608. The van der Waals surface area contributed by atoms with Crippen LogP contribution >= 0.6 is 0 Å². The average molecular weight is 379 g/mol. The second-order valence-electron chi connectivity index (χ2n) is 7.81. The summed E-state index contributed by atoms with van der Waals surface area (Å²) in [4.78, 5) is 14.5. The van der Waals surface area contributed by atoms with E-state index < -0.39 is 0 Å². The number of aromatic nitrogens is 3. The van der Waals surface area contributed by atoms with Crippen LogP contribution in [-0.2, 0) is 0 Å². The molecule has 2 aliphatic rings. The standard InChI is InChI=1S/C21H25N5O2/c1-14-11-19(28-24-14)17-12-22-21(23-20(17)18-7-6-15(2)27-18)26-10-9-25-8-4-3-5-16(25)13-26/h6-7,11-12,16H,3-5,8-10,13H2,1-2H3/t16-/m0/s1. The summed E-state index contributed by atoms with van der Waals surface area (Å²) < 4.78 is 11.4. The molecule has 0 aliphatic carbocycles. The number of rotatable bonds is 3. The van der Waals surface area contributed by atoms with E-state index in [1.807, 2.05) is 38.2 Å². The molecule has 7 nitrogen and oxygen atoms in total. The van der Waals surface area contributed by atoms with E-state index in [1.54, 1.807) is 0 Å². The van der Waals surface area contributed by atoms with Gasteiger partial charge in [0.1, 0.15) is 11.5 Å². The fourth-order valence-corrected chi connectivity index (χ4v) is 4.28. The van der Waals surface area contributed by atoms with Crippen molar-refractivity contribution in [3.63, 3.8) is 0 Å². The SMILES string of the molecule is Cc1cc(-c2cnc(N3CCN4CCCC[C@H]4C3)nc2-c2ccc(C)o2)on1. The van der Waals surface area contributed by atoms with Crippen LogP contribution in [0.25, 0.3) is 22.8 Å². The molecule has 7 heteroatoms. The Labute approximate surface area is 164 Å². The Morgan fingerprint density at radius 1 is 1.07 bits per heavy atom. The predicted molar refractivity (Wildman–Crippen MR) is 106 cm³/mol. The topological polar surface area (TPSA) is 71.4 Å². The molecule has 3 aromatic heterocycles. The molecule has 0 unspecified atom stereocenters. The fraction of sp³-hybridized carbons (Fsp3) is 0.476. The first-order valence-corrected chi connectivity index (χ1v) is 10.0. The van der Waals surface area contributed by atoms with Gasteiger partial charge in [-0.05, 0) is 45.4 Å². The van der Waals surface area contributed by atoms with Crippen LogP contribution in [0.2, 0.25) is 0 Å². The second kappa shape index (κ2) is 7.05. The summed E-state index contributed by atoms with van der Waals surface area (Å²) in [6.07, 6.45) is 5.73. The van der Waals surface area contributed by atoms with Crippen molar-refractivity contribution in [3.05, 3.63) is 35.9 Å². The molecular weight excluding hydrogens is 354 g/mol. The molecule has 0 spiro atoms. The Hall–Kier alpha value is -2.67. The Morgan fingerprint density at radius 2 is 2.00 bits per heavy atom. The maximum Gasteiger partial charge on any atom is 0.226 e. The van der Waals surface area contributed by atoms with Gasteiger partial charge in [-0.1, -0.05) is 11.6 Å². The van der Waals surface area contributed by atoms with Crippen LogP contribution in [0, 0.1) is 13.8 Å². The highest BCUT2D eigenvalue weighted by atomic mass is 16.5. The smallest absolute Gasteiger partial charge is 0.226 e. The summed E-state index contributed by atoms with van der Waals surface area (Å²) in [7, 11) is 0. The molecule has 28 heavy (non-hydrogen) atoms. The molecule has 0 radical (unpaired) electrons. The van der Waals surface area contributed by atoms with E-state index in [1.165, 1.54) is 25.8 Å². The van der Waals surface area contributed by atoms with Gasteiger partial charge in [0, 0.05) is 37.9 Å². The summed E-state index contributed by atoms with van der Waals surface area (Å²) in [5, 5.41) is 4.01. The van der Waals surface area contributed by atoms with Crippen molar-refractivity contribution in [3.8, 4) is 22.8 Å². The summed E-state index contributed by atoms with van der Waals surface area (Å²) in [5.41, 5.74) is 2.38. The molecular formula is C21H25N5O2. The van der Waals surface area contributed by atoms with E-state index in [9.17, 15) is 0 Å². The van der Waals surface area contributed by atoms with Crippen LogP contribution in [0.1, 0.15) is 30.7 Å². The van der Waals surface area contributed by atoms with Gasteiger partial charge < -0.3 is 13.8 Å². The quantitative estimate of drug-likeness (QED) is 0.687. The first kappa shape index (κ1) is 17.4. The molecule has 2 aliphatic heterocycles. The average Bonchev–Trinajstić information content (AvgIpc) is 3.35. The van der Waals surface area contributed by atoms with Crippen LogP contribution < -0.4 is 4.90 Å². The molecule has 0 amide bonds. The third kappa shape index (κ3) is 3.20. The van der Waals surface area contributed by atoms with Gasteiger partial charge in [0.2, 0.25) is 5.95 Å². The second-order valence-corrected chi connectivity index (χ2v) is 7.81. The number of fused-ring (bicyclic) bond motifs is 1. The van der Waals surface area contributed by atoms with Crippen LogP contribution in [-0.4, -0.2) is 52.2 Å². The lowest BCUT2D eigenvalue weighted by Gasteiger charge is -2.44.